The molecule has 4 nitrogen and oxygen atoms in total. The van der Waals surface area contributed by atoms with Crippen LogP contribution in [0.2, 0.25) is 0 Å². The highest BCUT2D eigenvalue weighted by atomic mass is 15.3. The van der Waals surface area contributed by atoms with Gasteiger partial charge in [-0.1, -0.05) is 0 Å². The molecule has 0 spiro atoms. The molecule has 0 aliphatic carbocycles. The second-order valence-corrected chi connectivity index (χ2v) is 4.38. The highest BCUT2D eigenvalue weighted by Gasteiger charge is 2.18. The normalized spacial score (nSPS) is 18.5. The molecule has 0 amide bonds. The number of nitrogens with zero attached hydrogens (tertiary/aromatic N) is 4. The molecule has 0 unspecified atom stereocenters. The maximum Gasteiger partial charge on any atom is 0.0656 e. The first kappa shape index (κ1) is 11.2. The van der Waals surface area contributed by atoms with Gasteiger partial charge >= 0.3 is 0 Å². The van der Waals surface area contributed by atoms with Crippen molar-refractivity contribution in [3.05, 3.63) is 18.0 Å². The monoisotopic (exact) mass is 218 g/mol. The fourth-order valence-corrected chi connectivity index (χ4v) is 2.14. The van der Waals surface area contributed by atoms with Gasteiger partial charge in [-0.05, 0) is 32.9 Å². The third-order valence-electron chi connectivity index (χ3n) is 3.19. The van der Waals surface area contributed by atoms with Crippen LogP contribution in [0.25, 0.3) is 0 Å². The average Bonchev–Trinajstić information content (AvgIpc) is 2.78. The van der Waals surface area contributed by atoms with Crippen molar-refractivity contribution in [2.75, 3.05) is 13.1 Å². The van der Waals surface area contributed by atoms with Crippen molar-refractivity contribution in [2.24, 2.45) is 5.92 Å². The molecular formula is C12H18N4. The fourth-order valence-electron chi connectivity index (χ4n) is 2.14. The number of aromatic nitrogens is 2. The van der Waals surface area contributed by atoms with Gasteiger partial charge < -0.3 is 0 Å². The second-order valence-electron chi connectivity index (χ2n) is 4.38. The van der Waals surface area contributed by atoms with E-state index in [2.05, 4.69) is 29.2 Å². The van der Waals surface area contributed by atoms with Gasteiger partial charge in [-0.2, -0.15) is 10.4 Å². The molecule has 2 rings (SSSR count). The van der Waals surface area contributed by atoms with E-state index in [1.807, 2.05) is 10.9 Å². The van der Waals surface area contributed by atoms with E-state index in [1.165, 1.54) is 5.56 Å². The van der Waals surface area contributed by atoms with Crippen LogP contribution in [0.5, 0.6) is 0 Å². The molecule has 1 aliphatic heterocycles. The summed E-state index contributed by atoms with van der Waals surface area (Å²) < 4.78 is 1.96. The van der Waals surface area contributed by atoms with Crippen molar-refractivity contribution in [1.82, 2.24) is 14.7 Å². The van der Waals surface area contributed by atoms with E-state index in [4.69, 9.17) is 5.26 Å². The molecule has 0 bridgehead atoms. The molecule has 86 valence electrons. The molecule has 1 aromatic heterocycles. The van der Waals surface area contributed by atoms with Gasteiger partial charge in [0, 0.05) is 30.8 Å². The molecule has 1 aliphatic rings. The molecule has 0 atom stereocenters. The maximum atomic E-state index is 8.82. The standard InChI is InChI=1S/C12H18N4/c1-2-16-10-12(8-14-16)9-15-5-3-11(7-13)4-6-15/h8,10-11H,2-6,9H2,1H3. The summed E-state index contributed by atoms with van der Waals surface area (Å²) in [5.74, 6) is 0.273. The van der Waals surface area contributed by atoms with Crippen LogP contribution in [0.3, 0.4) is 0 Å². The van der Waals surface area contributed by atoms with E-state index in [0.29, 0.717) is 0 Å². The Labute approximate surface area is 96.5 Å². The topological polar surface area (TPSA) is 44.9 Å². The Morgan fingerprint density at radius 1 is 1.50 bits per heavy atom. The van der Waals surface area contributed by atoms with Crippen molar-refractivity contribution in [3.8, 4) is 6.07 Å². The van der Waals surface area contributed by atoms with E-state index in [0.717, 1.165) is 39.0 Å². The van der Waals surface area contributed by atoms with Crippen LogP contribution < -0.4 is 0 Å². The Kier molecular flexibility index (Phi) is 3.58. The van der Waals surface area contributed by atoms with Gasteiger partial charge in [-0.15, -0.1) is 0 Å². The number of hydrogen-bond donors (Lipinski definition) is 0. The lowest BCUT2D eigenvalue weighted by Gasteiger charge is -2.28. The van der Waals surface area contributed by atoms with Crippen LogP contribution in [0.1, 0.15) is 25.3 Å². The summed E-state index contributed by atoms with van der Waals surface area (Å²) in [4.78, 5) is 2.41. The zero-order valence-electron chi connectivity index (χ0n) is 9.76. The summed E-state index contributed by atoms with van der Waals surface area (Å²) in [6, 6.07) is 2.36. The van der Waals surface area contributed by atoms with Gasteiger partial charge in [-0.3, -0.25) is 9.58 Å². The van der Waals surface area contributed by atoms with Gasteiger partial charge in [0.2, 0.25) is 0 Å². The Balaban J connectivity index is 1.85. The Morgan fingerprint density at radius 3 is 2.81 bits per heavy atom. The minimum Gasteiger partial charge on any atom is -0.299 e. The number of aryl methyl sites for hydroxylation is 1. The van der Waals surface area contributed by atoms with Crippen LogP contribution >= 0.6 is 0 Å². The molecule has 0 aromatic carbocycles. The van der Waals surface area contributed by atoms with Gasteiger partial charge in [0.05, 0.1) is 12.3 Å². The van der Waals surface area contributed by atoms with Crippen LogP contribution in [-0.4, -0.2) is 27.8 Å². The molecule has 4 heteroatoms. The molecule has 16 heavy (non-hydrogen) atoms. The molecule has 0 saturated carbocycles. The third kappa shape index (κ3) is 2.61. The van der Waals surface area contributed by atoms with Crippen molar-refractivity contribution in [1.29, 1.82) is 5.26 Å². The molecule has 0 radical (unpaired) electrons. The molecule has 1 saturated heterocycles. The quantitative estimate of drug-likeness (QED) is 0.774. The minimum absolute atomic E-state index is 0.273. The first-order valence-electron chi connectivity index (χ1n) is 5.95. The maximum absolute atomic E-state index is 8.82. The molecule has 0 N–H and O–H groups in total. The van der Waals surface area contributed by atoms with Gasteiger partial charge in [0.25, 0.3) is 0 Å². The van der Waals surface area contributed by atoms with Crippen molar-refractivity contribution < 1.29 is 0 Å². The number of nitriles is 1. The van der Waals surface area contributed by atoms with Crippen molar-refractivity contribution in [3.63, 3.8) is 0 Å². The summed E-state index contributed by atoms with van der Waals surface area (Å²) in [5.41, 5.74) is 1.28. The lowest BCUT2D eigenvalue weighted by Crippen LogP contribution is -2.32. The Bertz CT molecular complexity index is 369. The lowest BCUT2D eigenvalue weighted by molar-refractivity contribution is 0.198. The van der Waals surface area contributed by atoms with E-state index < -0.39 is 0 Å². The largest absolute Gasteiger partial charge is 0.299 e. The number of piperidine rings is 1. The summed E-state index contributed by atoms with van der Waals surface area (Å²) >= 11 is 0. The van der Waals surface area contributed by atoms with Gasteiger partial charge in [0.15, 0.2) is 0 Å². The fraction of sp³-hybridized carbons (Fsp3) is 0.667. The molecule has 1 aromatic rings. The Hall–Kier alpha value is -1.34. The zero-order chi connectivity index (χ0) is 11.4. The van der Waals surface area contributed by atoms with E-state index in [-0.39, 0.29) is 5.92 Å². The first-order valence-corrected chi connectivity index (χ1v) is 5.95. The second kappa shape index (κ2) is 5.13. The smallest absolute Gasteiger partial charge is 0.0656 e. The predicted octanol–water partition coefficient (Wildman–Crippen LogP) is 1.64. The number of likely N-dealkylation sites (tertiary alicyclic amines) is 1. The summed E-state index contributed by atoms with van der Waals surface area (Å²) in [5, 5.41) is 13.1. The zero-order valence-corrected chi connectivity index (χ0v) is 9.76. The van der Waals surface area contributed by atoms with E-state index >= 15 is 0 Å². The molecular weight excluding hydrogens is 200 g/mol. The molecule has 1 fully saturated rings. The van der Waals surface area contributed by atoms with Crippen LogP contribution in [0.15, 0.2) is 12.4 Å². The predicted molar refractivity (Wildman–Crippen MR) is 61.5 cm³/mol. The number of rotatable bonds is 3. The van der Waals surface area contributed by atoms with Crippen molar-refractivity contribution in [2.45, 2.75) is 32.9 Å². The van der Waals surface area contributed by atoms with Crippen LogP contribution in [0.4, 0.5) is 0 Å². The third-order valence-corrected chi connectivity index (χ3v) is 3.19. The van der Waals surface area contributed by atoms with Crippen molar-refractivity contribution >= 4 is 0 Å². The van der Waals surface area contributed by atoms with Crippen LogP contribution in [0, 0.1) is 17.2 Å². The van der Waals surface area contributed by atoms with Gasteiger partial charge in [0.1, 0.15) is 0 Å². The van der Waals surface area contributed by atoms with Crippen LogP contribution in [-0.2, 0) is 13.1 Å². The SMILES string of the molecule is CCn1cc(CN2CCC(C#N)CC2)cn1. The molecule has 2 heterocycles. The summed E-state index contributed by atoms with van der Waals surface area (Å²) in [6.45, 7) is 6.06. The minimum atomic E-state index is 0.273. The first-order chi connectivity index (χ1) is 7.81. The lowest BCUT2D eigenvalue weighted by atomic mass is 9.98. The highest BCUT2D eigenvalue weighted by molar-refractivity contribution is 5.04. The van der Waals surface area contributed by atoms with E-state index in [9.17, 15) is 0 Å². The van der Waals surface area contributed by atoms with E-state index in [1.54, 1.807) is 0 Å². The van der Waals surface area contributed by atoms with Gasteiger partial charge in [-0.25, -0.2) is 0 Å². The Morgan fingerprint density at radius 2 is 2.25 bits per heavy atom. The number of hydrogen-bond acceptors (Lipinski definition) is 3. The average molecular weight is 218 g/mol. The summed E-state index contributed by atoms with van der Waals surface area (Å²) in [7, 11) is 0. The highest BCUT2D eigenvalue weighted by Crippen LogP contribution is 2.17. The summed E-state index contributed by atoms with van der Waals surface area (Å²) in [6.07, 6.45) is 6.08.